The van der Waals surface area contributed by atoms with Crippen molar-refractivity contribution < 1.29 is 9.66 Å². The van der Waals surface area contributed by atoms with Crippen molar-refractivity contribution in [2.45, 2.75) is 38.2 Å². The van der Waals surface area contributed by atoms with Crippen LogP contribution in [0.4, 0.5) is 17.1 Å². The molecule has 0 aromatic heterocycles. The van der Waals surface area contributed by atoms with Gasteiger partial charge in [0.25, 0.3) is 5.69 Å². The Kier molecular flexibility index (Phi) is 4.76. The van der Waals surface area contributed by atoms with Crippen molar-refractivity contribution in [1.82, 2.24) is 0 Å². The molecule has 3 rings (SSSR count). The molecule has 0 spiro atoms. The fourth-order valence-electron chi connectivity index (χ4n) is 2.89. The van der Waals surface area contributed by atoms with Gasteiger partial charge in [0.2, 0.25) is 0 Å². The van der Waals surface area contributed by atoms with Gasteiger partial charge in [-0.25, -0.2) is 0 Å². The second-order valence-electron chi connectivity index (χ2n) is 5.80. The van der Waals surface area contributed by atoms with Crippen LogP contribution in [0, 0.1) is 10.1 Å². The summed E-state index contributed by atoms with van der Waals surface area (Å²) < 4.78 is 5.99. The van der Waals surface area contributed by atoms with E-state index in [1.165, 1.54) is 25.3 Å². The molecular formula is C18H20N2O3. The first-order chi connectivity index (χ1) is 11.2. The molecule has 0 aliphatic heterocycles. The molecule has 0 unspecified atom stereocenters. The number of rotatable bonds is 5. The van der Waals surface area contributed by atoms with Crippen molar-refractivity contribution >= 4 is 17.1 Å². The minimum Gasteiger partial charge on any atom is -0.490 e. The van der Waals surface area contributed by atoms with Crippen LogP contribution in [-0.2, 0) is 0 Å². The van der Waals surface area contributed by atoms with Crippen LogP contribution < -0.4 is 10.1 Å². The lowest BCUT2D eigenvalue weighted by Gasteiger charge is -2.23. The SMILES string of the molecule is O=[N+]([O-])c1ccccc1Nc1ccc(OC2CCCCC2)cc1. The van der Waals surface area contributed by atoms with Crippen LogP contribution in [-0.4, -0.2) is 11.0 Å². The first-order valence-corrected chi connectivity index (χ1v) is 7.99. The molecular weight excluding hydrogens is 292 g/mol. The average Bonchev–Trinajstić information content (AvgIpc) is 2.58. The maximum absolute atomic E-state index is 11.0. The van der Waals surface area contributed by atoms with Gasteiger partial charge < -0.3 is 10.1 Å². The van der Waals surface area contributed by atoms with E-state index >= 15 is 0 Å². The predicted octanol–water partition coefficient (Wildman–Crippen LogP) is 5.05. The van der Waals surface area contributed by atoms with Crippen LogP contribution in [0.5, 0.6) is 5.75 Å². The number of benzene rings is 2. The van der Waals surface area contributed by atoms with Crippen LogP contribution in [0.2, 0.25) is 0 Å². The van der Waals surface area contributed by atoms with Gasteiger partial charge in [-0.1, -0.05) is 18.6 Å². The van der Waals surface area contributed by atoms with Crippen LogP contribution in [0.15, 0.2) is 48.5 Å². The number of nitrogens with one attached hydrogen (secondary N) is 1. The average molecular weight is 312 g/mol. The van der Waals surface area contributed by atoms with Crippen molar-refractivity contribution in [3.05, 3.63) is 58.6 Å². The summed E-state index contributed by atoms with van der Waals surface area (Å²) >= 11 is 0. The van der Waals surface area contributed by atoms with Crippen molar-refractivity contribution in [3.8, 4) is 5.75 Å². The summed E-state index contributed by atoms with van der Waals surface area (Å²) in [6.07, 6.45) is 6.34. The Labute approximate surface area is 135 Å². The Morgan fingerprint density at radius 3 is 2.39 bits per heavy atom. The molecule has 1 aliphatic carbocycles. The number of hydrogen-bond acceptors (Lipinski definition) is 4. The monoisotopic (exact) mass is 312 g/mol. The van der Waals surface area contributed by atoms with Crippen molar-refractivity contribution in [2.75, 3.05) is 5.32 Å². The van der Waals surface area contributed by atoms with E-state index in [0.29, 0.717) is 11.8 Å². The summed E-state index contributed by atoms with van der Waals surface area (Å²) in [5.41, 5.74) is 1.35. The van der Waals surface area contributed by atoms with Gasteiger partial charge in [-0.2, -0.15) is 0 Å². The van der Waals surface area contributed by atoms with E-state index in [-0.39, 0.29) is 10.6 Å². The molecule has 23 heavy (non-hydrogen) atoms. The lowest BCUT2D eigenvalue weighted by molar-refractivity contribution is -0.383. The van der Waals surface area contributed by atoms with Crippen LogP contribution in [0.3, 0.4) is 0 Å². The molecule has 0 amide bonds. The number of ether oxygens (including phenoxy) is 1. The van der Waals surface area contributed by atoms with Crippen molar-refractivity contribution in [1.29, 1.82) is 0 Å². The van der Waals surface area contributed by atoms with E-state index in [9.17, 15) is 10.1 Å². The van der Waals surface area contributed by atoms with Crippen molar-refractivity contribution in [3.63, 3.8) is 0 Å². The Morgan fingerprint density at radius 2 is 1.70 bits per heavy atom. The summed E-state index contributed by atoms with van der Waals surface area (Å²) in [6.45, 7) is 0. The summed E-state index contributed by atoms with van der Waals surface area (Å²) in [6, 6.07) is 14.2. The molecule has 0 saturated heterocycles. The predicted molar refractivity (Wildman–Crippen MR) is 90.3 cm³/mol. The highest BCUT2D eigenvalue weighted by atomic mass is 16.6. The van der Waals surface area contributed by atoms with Gasteiger partial charge in [0.15, 0.2) is 0 Å². The number of anilines is 2. The first kappa shape index (κ1) is 15.3. The molecule has 0 heterocycles. The maximum Gasteiger partial charge on any atom is 0.292 e. The van der Waals surface area contributed by atoms with E-state index in [0.717, 1.165) is 24.3 Å². The molecule has 1 saturated carbocycles. The molecule has 1 fully saturated rings. The summed E-state index contributed by atoms with van der Waals surface area (Å²) in [5.74, 6) is 0.852. The maximum atomic E-state index is 11.0. The van der Waals surface area contributed by atoms with Crippen LogP contribution in [0.25, 0.3) is 0 Å². The van der Waals surface area contributed by atoms with Crippen LogP contribution in [0.1, 0.15) is 32.1 Å². The Hall–Kier alpha value is -2.56. The molecule has 5 nitrogen and oxygen atoms in total. The number of nitrogens with zero attached hydrogens (tertiary/aromatic N) is 1. The largest absolute Gasteiger partial charge is 0.490 e. The Morgan fingerprint density at radius 1 is 1.00 bits per heavy atom. The van der Waals surface area contributed by atoms with E-state index in [2.05, 4.69) is 5.32 Å². The Bertz CT molecular complexity index is 664. The molecule has 0 atom stereocenters. The zero-order valence-electron chi connectivity index (χ0n) is 12.9. The topological polar surface area (TPSA) is 64.4 Å². The van der Waals surface area contributed by atoms with Gasteiger partial charge in [-0.15, -0.1) is 0 Å². The standard InChI is InChI=1S/C18H20N2O3/c21-20(22)18-9-5-4-8-17(18)19-14-10-12-16(13-11-14)23-15-6-2-1-3-7-15/h4-5,8-13,15,19H,1-3,6-7H2. The highest BCUT2D eigenvalue weighted by molar-refractivity contribution is 5.69. The third-order valence-electron chi connectivity index (χ3n) is 4.09. The van der Waals surface area contributed by atoms with Gasteiger partial charge in [-0.3, -0.25) is 10.1 Å². The highest BCUT2D eigenvalue weighted by Gasteiger charge is 2.15. The first-order valence-electron chi connectivity index (χ1n) is 7.99. The molecule has 2 aromatic rings. The van der Waals surface area contributed by atoms with Gasteiger partial charge in [0.05, 0.1) is 11.0 Å². The number of para-hydroxylation sites is 2. The molecule has 1 N–H and O–H groups in total. The highest BCUT2D eigenvalue weighted by Crippen LogP contribution is 2.29. The summed E-state index contributed by atoms with van der Waals surface area (Å²) in [7, 11) is 0. The number of nitro groups is 1. The fourth-order valence-corrected chi connectivity index (χ4v) is 2.89. The van der Waals surface area contributed by atoms with E-state index < -0.39 is 0 Å². The summed E-state index contributed by atoms with van der Waals surface area (Å²) in [4.78, 5) is 10.6. The van der Waals surface area contributed by atoms with E-state index in [4.69, 9.17) is 4.74 Å². The number of nitro benzene ring substituents is 1. The lowest BCUT2D eigenvalue weighted by atomic mass is 9.98. The molecule has 2 aromatic carbocycles. The molecule has 0 radical (unpaired) electrons. The minimum absolute atomic E-state index is 0.0648. The normalized spacial score (nSPS) is 15.1. The Balaban J connectivity index is 1.67. The lowest BCUT2D eigenvalue weighted by Crippen LogP contribution is -2.19. The van der Waals surface area contributed by atoms with Gasteiger partial charge >= 0.3 is 0 Å². The molecule has 1 aliphatic rings. The quantitative estimate of drug-likeness (QED) is 0.620. The van der Waals surface area contributed by atoms with Gasteiger partial charge in [-0.05, 0) is 56.0 Å². The van der Waals surface area contributed by atoms with Gasteiger partial charge in [0, 0.05) is 11.8 Å². The third-order valence-corrected chi connectivity index (χ3v) is 4.09. The second kappa shape index (κ2) is 7.13. The third kappa shape index (κ3) is 4.00. The fraction of sp³-hybridized carbons (Fsp3) is 0.333. The summed E-state index contributed by atoms with van der Waals surface area (Å²) in [5, 5.41) is 14.1. The minimum atomic E-state index is -0.386. The zero-order valence-corrected chi connectivity index (χ0v) is 12.9. The smallest absolute Gasteiger partial charge is 0.292 e. The second-order valence-corrected chi connectivity index (χ2v) is 5.80. The zero-order chi connectivity index (χ0) is 16.1. The van der Waals surface area contributed by atoms with Gasteiger partial charge in [0.1, 0.15) is 11.4 Å². The molecule has 5 heteroatoms. The van der Waals surface area contributed by atoms with E-state index in [1.54, 1.807) is 18.2 Å². The van der Waals surface area contributed by atoms with E-state index in [1.807, 2.05) is 24.3 Å². The molecule has 0 bridgehead atoms. The number of hydrogen-bond donors (Lipinski definition) is 1. The molecule has 120 valence electrons. The van der Waals surface area contributed by atoms with Crippen molar-refractivity contribution in [2.24, 2.45) is 0 Å². The van der Waals surface area contributed by atoms with Crippen LogP contribution >= 0.6 is 0 Å².